The minimum absolute atomic E-state index is 0.0147. The first-order chi connectivity index (χ1) is 12.0. The molecule has 0 bridgehead atoms. The summed E-state index contributed by atoms with van der Waals surface area (Å²) in [6.45, 7) is 4.35. The molecule has 0 unspecified atom stereocenters. The Morgan fingerprint density at radius 1 is 1.16 bits per heavy atom. The van der Waals surface area contributed by atoms with Gasteiger partial charge in [-0.15, -0.1) is 0 Å². The molecule has 2 aromatic carbocycles. The summed E-state index contributed by atoms with van der Waals surface area (Å²) in [6.07, 6.45) is 0. The van der Waals surface area contributed by atoms with Crippen molar-refractivity contribution in [2.24, 2.45) is 0 Å². The summed E-state index contributed by atoms with van der Waals surface area (Å²) in [5, 5.41) is 0. The van der Waals surface area contributed by atoms with Crippen molar-refractivity contribution in [3.63, 3.8) is 0 Å². The molecule has 1 heterocycles. The standard InChI is InChI=1S/C19H20BrFN2O2/c1-14-12-15(6-7-16(14)20)25-13-19(24)23-10-8-22(9-11-23)18-5-3-2-4-17(18)21/h2-7,12H,8-11,13H2,1H3. The SMILES string of the molecule is Cc1cc(OCC(=O)N2CCN(c3ccccc3F)CC2)ccc1Br. The van der Waals surface area contributed by atoms with E-state index in [4.69, 9.17) is 4.74 Å². The highest BCUT2D eigenvalue weighted by atomic mass is 79.9. The maximum atomic E-state index is 13.9. The van der Waals surface area contributed by atoms with Crippen LogP contribution in [0.15, 0.2) is 46.9 Å². The van der Waals surface area contributed by atoms with Gasteiger partial charge in [-0.1, -0.05) is 28.1 Å². The molecule has 6 heteroatoms. The lowest BCUT2D eigenvalue weighted by Crippen LogP contribution is -2.50. The van der Waals surface area contributed by atoms with Crippen molar-refractivity contribution in [1.82, 2.24) is 4.90 Å². The van der Waals surface area contributed by atoms with Crippen molar-refractivity contribution in [3.05, 3.63) is 58.3 Å². The number of anilines is 1. The summed E-state index contributed by atoms with van der Waals surface area (Å²) >= 11 is 3.44. The second kappa shape index (κ2) is 7.87. The van der Waals surface area contributed by atoms with Crippen LogP contribution in [-0.4, -0.2) is 43.6 Å². The minimum Gasteiger partial charge on any atom is -0.484 e. The highest BCUT2D eigenvalue weighted by Gasteiger charge is 2.22. The zero-order valence-electron chi connectivity index (χ0n) is 14.0. The van der Waals surface area contributed by atoms with Crippen LogP contribution in [0, 0.1) is 12.7 Å². The number of hydrogen-bond donors (Lipinski definition) is 0. The summed E-state index contributed by atoms with van der Waals surface area (Å²) in [6, 6.07) is 12.4. The number of para-hydroxylation sites is 1. The Bertz CT molecular complexity index is 761. The summed E-state index contributed by atoms with van der Waals surface area (Å²) in [5.74, 6) is 0.406. The average Bonchev–Trinajstić information content (AvgIpc) is 2.63. The zero-order valence-corrected chi connectivity index (χ0v) is 15.6. The van der Waals surface area contributed by atoms with E-state index in [9.17, 15) is 9.18 Å². The summed E-state index contributed by atoms with van der Waals surface area (Å²) < 4.78 is 20.5. The second-order valence-corrected chi connectivity index (χ2v) is 6.87. The second-order valence-electron chi connectivity index (χ2n) is 6.02. The number of aryl methyl sites for hydroxylation is 1. The summed E-state index contributed by atoms with van der Waals surface area (Å²) in [7, 11) is 0. The lowest BCUT2D eigenvalue weighted by molar-refractivity contribution is -0.133. The van der Waals surface area contributed by atoms with Gasteiger partial charge < -0.3 is 14.5 Å². The minimum atomic E-state index is -0.226. The van der Waals surface area contributed by atoms with Crippen LogP contribution in [0.25, 0.3) is 0 Å². The molecule has 132 valence electrons. The fraction of sp³-hybridized carbons (Fsp3) is 0.316. The van der Waals surface area contributed by atoms with Crippen molar-refractivity contribution in [2.75, 3.05) is 37.7 Å². The number of rotatable bonds is 4. The lowest BCUT2D eigenvalue weighted by Gasteiger charge is -2.36. The number of nitrogens with zero attached hydrogens (tertiary/aromatic N) is 2. The van der Waals surface area contributed by atoms with Crippen molar-refractivity contribution < 1.29 is 13.9 Å². The van der Waals surface area contributed by atoms with Gasteiger partial charge in [-0.3, -0.25) is 4.79 Å². The van der Waals surface area contributed by atoms with Gasteiger partial charge in [0.05, 0.1) is 5.69 Å². The zero-order chi connectivity index (χ0) is 17.8. The van der Waals surface area contributed by atoms with E-state index < -0.39 is 0 Å². The third-order valence-corrected chi connectivity index (χ3v) is 5.21. The van der Waals surface area contributed by atoms with E-state index in [-0.39, 0.29) is 18.3 Å². The fourth-order valence-corrected chi connectivity index (χ4v) is 3.09. The molecule has 1 saturated heterocycles. The normalized spacial score (nSPS) is 14.5. The summed E-state index contributed by atoms with van der Waals surface area (Å²) in [5.41, 5.74) is 1.65. The number of ether oxygens (including phenoxy) is 1. The number of halogens is 2. The third kappa shape index (κ3) is 4.31. The molecule has 0 aliphatic carbocycles. The highest BCUT2D eigenvalue weighted by Crippen LogP contribution is 2.22. The molecule has 1 fully saturated rings. The summed E-state index contributed by atoms with van der Waals surface area (Å²) in [4.78, 5) is 16.1. The number of carbonyl (C=O) groups excluding carboxylic acids is 1. The largest absolute Gasteiger partial charge is 0.484 e. The Hall–Kier alpha value is -2.08. The molecule has 3 rings (SSSR count). The van der Waals surface area contributed by atoms with Gasteiger partial charge in [0.25, 0.3) is 5.91 Å². The van der Waals surface area contributed by atoms with Gasteiger partial charge in [-0.2, -0.15) is 0 Å². The fourth-order valence-electron chi connectivity index (χ4n) is 2.85. The molecule has 0 atom stereocenters. The molecule has 4 nitrogen and oxygen atoms in total. The molecule has 0 spiro atoms. The average molecular weight is 407 g/mol. The van der Waals surface area contributed by atoms with Gasteiger partial charge in [-0.05, 0) is 42.8 Å². The van der Waals surface area contributed by atoms with Crippen LogP contribution in [-0.2, 0) is 4.79 Å². The predicted molar refractivity (Wildman–Crippen MR) is 99.6 cm³/mol. The smallest absolute Gasteiger partial charge is 0.260 e. The Kier molecular flexibility index (Phi) is 5.58. The highest BCUT2D eigenvalue weighted by molar-refractivity contribution is 9.10. The Labute approximate surface area is 155 Å². The molecular formula is C19H20BrFN2O2. The Morgan fingerprint density at radius 2 is 1.88 bits per heavy atom. The predicted octanol–water partition coefficient (Wildman–Crippen LogP) is 3.62. The Balaban J connectivity index is 1.51. The first kappa shape index (κ1) is 17.7. The van der Waals surface area contributed by atoms with Gasteiger partial charge in [0.2, 0.25) is 0 Å². The van der Waals surface area contributed by atoms with Gasteiger partial charge in [0.1, 0.15) is 11.6 Å². The monoisotopic (exact) mass is 406 g/mol. The number of amides is 1. The molecule has 1 aliphatic heterocycles. The third-order valence-electron chi connectivity index (χ3n) is 4.32. The first-order valence-electron chi connectivity index (χ1n) is 8.21. The molecule has 1 aliphatic rings. The molecule has 0 aromatic heterocycles. The van der Waals surface area contributed by atoms with Crippen LogP contribution in [0.1, 0.15) is 5.56 Å². The van der Waals surface area contributed by atoms with E-state index in [2.05, 4.69) is 15.9 Å². The van der Waals surface area contributed by atoms with Crippen LogP contribution in [0.3, 0.4) is 0 Å². The van der Waals surface area contributed by atoms with E-state index in [0.29, 0.717) is 37.6 Å². The number of hydrogen-bond acceptors (Lipinski definition) is 3. The first-order valence-corrected chi connectivity index (χ1v) is 9.00. The van der Waals surface area contributed by atoms with Crippen molar-refractivity contribution in [3.8, 4) is 5.75 Å². The topological polar surface area (TPSA) is 32.8 Å². The number of carbonyl (C=O) groups is 1. The van der Waals surface area contributed by atoms with E-state index in [1.165, 1.54) is 6.07 Å². The maximum Gasteiger partial charge on any atom is 0.260 e. The molecule has 0 N–H and O–H groups in total. The molecule has 0 radical (unpaired) electrons. The quantitative estimate of drug-likeness (QED) is 0.776. The van der Waals surface area contributed by atoms with Gasteiger partial charge in [-0.25, -0.2) is 4.39 Å². The van der Waals surface area contributed by atoms with Crippen molar-refractivity contribution in [2.45, 2.75) is 6.92 Å². The maximum absolute atomic E-state index is 13.9. The van der Waals surface area contributed by atoms with Crippen LogP contribution >= 0.6 is 15.9 Å². The van der Waals surface area contributed by atoms with Crippen molar-refractivity contribution >= 4 is 27.5 Å². The molecule has 25 heavy (non-hydrogen) atoms. The van der Waals surface area contributed by atoms with Gasteiger partial charge >= 0.3 is 0 Å². The molecule has 0 saturated carbocycles. The van der Waals surface area contributed by atoms with Gasteiger partial charge in [0, 0.05) is 30.7 Å². The van der Waals surface area contributed by atoms with E-state index in [1.54, 1.807) is 17.0 Å². The van der Waals surface area contributed by atoms with Gasteiger partial charge in [0.15, 0.2) is 6.61 Å². The van der Waals surface area contributed by atoms with Crippen LogP contribution in [0.5, 0.6) is 5.75 Å². The van der Waals surface area contributed by atoms with E-state index in [0.717, 1.165) is 10.0 Å². The van der Waals surface area contributed by atoms with Crippen LogP contribution in [0.2, 0.25) is 0 Å². The molecular weight excluding hydrogens is 387 g/mol. The van der Waals surface area contributed by atoms with Crippen molar-refractivity contribution in [1.29, 1.82) is 0 Å². The van der Waals surface area contributed by atoms with E-state index >= 15 is 0 Å². The van der Waals surface area contributed by atoms with E-state index in [1.807, 2.05) is 36.1 Å². The Morgan fingerprint density at radius 3 is 2.56 bits per heavy atom. The molecule has 2 aromatic rings. The van der Waals surface area contributed by atoms with Crippen LogP contribution in [0.4, 0.5) is 10.1 Å². The van der Waals surface area contributed by atoms with Crippen LogP contribution < -0.4 is 9.64 Å². The lowest BCUT2D eigenvalue weighted by atomic mass is 10.2. The molecule has 1 amide bonds. The number of piperazine rings is 1. The number of benzene rings is 2.